The largest absolute Gasteiger partial charge is 0.416 e. The first-order valence-electron chi connectivity index (χ1n) is 11.4. The first kappa shape index (κ1) is 28.3. The second-order valence-electron chi connectivity index (χ2n) is 9.32. The van der Waals surface area contributed by atoms with E-state index >= 15 is 0 Å². The predicted octanol–water partition coefficient (Wildman–Crippen LogP) is 5.11. The van der Waals surface area contributed by atoms with Crippen LogP contribution in [-0.2, 0) is 30.0 Å². The highest BCUT2D eigenvalue weighted by Crippen LogP contribution is 2.40. The third-order valence-electron chi connectivity index (χ3n) is 7.20. The molecule has 4 rings (SSSR count). The number of amides is 1. The van der Waals surface area contributed by atoms with Crippen molar-refractivity contribution in [1.29, 1.82) is 0 Å². The summed E-state index contributed by atoms with van der Waals surface area (Å²) < 4.78 is 80.4. The van der Waals surface area contributed by atoms with Gasteiger partial charge in [-0.3, -0.25) is 9.69 Å². The lowest BCUT2D eigenvalue weighted by Gasteiger charge is -2.45. The van der Waals surface area contributed by atoms with E-state index in [2.05, 4.69) is 10.2 Å². The number of carbonyl (C=O) groups excluding carboxylic acids is 1. The van der Waals surface area contributed by atoms with Crippen LogP contribution in [0.25, 0.3) is 0 Å². The molecule has 0 radical (unpaired) electrons. The maximum Gasteiger partial charge on any atom is 0.416 e. The van der Waals surface area contributed by atoms with Crippen LogP contribution < -0.4 is 5.32 Å². The van der Waals surface area contributed by atoms with Gasteiger partial charge in [-0.15, -0.1) is 12.4 Å². The molecule has 2 aliphatic rings. The van der Waals surface area contributed by atoms with Crippen LogP contribution in [0.4, 0.5) is 26.3 Å². The fraction of sp³-hybridized carbons (Fsp3) is 0.480. The minimum Gasteiger partial charge on any atom is -0.337 e. The molecule has 1 aliphatic heterocycles. The van der Waals surface area contributed by atoms with Crippen LogP contribution in [0, 0.1) is 0 Å². The Kier molecular flexibility index (Phi) is 8.03. The van der Waals surface area contributed by atoms with Gasteiger partial charge in [-0.2, -0.15) is 26.3 Å². The van der Waals surface area contributed by atoms with Crippen molar-refractivity contribution in [3.8, 4) is 0 Å². The van der Waals surface area contributed by atoms with Crippen molar-refractivity contribution in [1.82, 2.24) is 15.1 Å². The molecule has 0 bridgehead atoms. The van der Waals surface area contributed by atoms with Crippen LogP contribution in [0.1, 0.15) is 40.8 Å². The second-order valence-corrected chi connectivity index (χ2v) is 9.32. The van der Waals surface area contributed by atoms with E-state index in [-0.39, 0.29) is 29.9 Å². The Morgan fingerprint density at radius 2 is 1.42 bits per heavy atom. The standard InChI is InChI=1S/C25H27F6N3O.ClH/c1-16(19-11-20(24(26,27)28)13-21(12-19)25(29,30)31)33(2)22(35)23(34-9-7-32-8-10-34)14-17-5-3-4-6-18(17)15-23;/h3-6,11-13,16,32H,7-10,14-15H2,1-2H3;1H/t16-;/m0./s1. The molecule has 1 saturated heterocycles. The van der Waals surface area contributed by atoms with E-state index in [0.717, 1.165) is 11.1 Å². The van der Waals surface area contributed by atoms with E-state index in [9.17, 15) is 31.1 Å². The molecule has 2 aromatic rings. The number of hydrogen-bond donors (Lipinski definition) is 1. The fourth-order valence-electron chi connectivity index (χ4n) is 5.15. The number of fused-ring (bicyclic) bond motifs is 1. The summed E-state index contributed by atoms with van der Waals surface area (Å²) in [6.07, 6.45) is -9.02. The Morgan fingerprint density at radius 1 is 0.944 bits per heavy atom. The Bertz CT molecular complexity index is 1040. The summed E-state index contributed by atoms with van der Waals surface area (Å²) in [5.41, 5.74) is -1.88. The molecule has 1 heterocycles. The predicted molar refractivity (Wildman–Crippen MR) is 126 cm³/mol. The average Bonchev–Trinajstić information content (AvgIpc) is 3.22. The van der Waals surface area contributed by atoms with Gasteiger partial charge < -0.3 is 10.2 Å². The normalized spacial score (nSPS) is 18.8. The number of nitrogens with one attached hydrogen (secondary N) is 1. The van der Waals surface area contributed by atoms with Gasteiger partial charge in [0.1, 0.15) is 5.54 Å². The van der Waals surface area contributed by atoms with Gasteiger partial charge in [0.05, 0.1) is 17.2 Å². The minimum absolute atomic E-state index is 0. The van der Waals surface area contributed by atoms with Crippen LogP contribution in [-0.4, -0.2) is 54.5 Å². The van der Waals surface area contributed by atoms with Crippen molar-refractivity contribution in [2.45, 2.75) is 43.7 Å². The molecule has 0 unspecified atom stereocenters. The van der Waals surface area contributed by atoms with E-state index < -0.39 is 35.1 Å². The maximum absolute atomic E-state index is 14.0. The highest BCUT2D eigenvalue weighted by molar-refractivity contribution is 5.88. The summed E-state index contributed by atoms with van der Waals surface area (Å²) >= 11 is 0. The fourth-order valence-corrected chi connectivity index (χ4v) is 5.15. The molecule has 1 N–H and O–H groups in total. The topological polar surface area (TPSA) is 35.6 Å². The number of halogens is 7. The number of nitrogens with zero attached hydrogens (tertiary/aromatic N) is 2. The zero-order valence-corrected chi connectivity index (χ0v) is 20.7. The van der Waals surface area contributed by atoms with Crippen LogP contribution in [0.5, 0.6) is 0 Å². The summed E-state index contributed by atoms with van der Waals surface area (Å²) in [4.78, 5) is 17.4. The van der Waals surface area contributed by atoms with E-state index in [4.69, 9.17) is 0 Å². The van der Waals surface area contributed by atoms with Crippen LogP contribution in [0.15, 0.2) is 42.5 Å². The van der Waals surface area contributed by atoms with E-state index in [1.165, 1.54) is 18.9 Å². The molecule has 1 amide bonds. The van der Waals surface area contributed by atoms with Crippen LogP contribution >= 0.6 is 12.4 Å². The molecule has 198 valence electrons. The van der Waals surface area contributed by atoms with Gasteiger partial charge in [0, 0.05) is 46.1 Å². The lowest BCUT2D eigenvalue weighted by atomic mass is 9.89. The lowest BCUT2D eigenvalue weighted by molar-refractivity contribution is -0.145. The summed E-state index contributed by atoms with van der Waals surface area (Å²) in [7, 11) is 1.45. The Hall–Kier alpha value is -2.30. The molecule has 0 saturated carbocycles. The molecule has 4 nitrogen and oxygen atoms in total. The molecule has 1 aliphatic carbocycles. The van der Waals surface area contributed by atoms with Crippen molar-refractivity contribution in [2.75, 3.05) is 33.2 Å². The molecule has 1 fully saturated rings. The number of alkyl halides is 6. The van der Waals surface area contributed by atoms with Crippen molar-refractivity contribution in [2.24, 2.45) is 0 Å². The van der Waals surface area contributed by atoms with Gasteiger partial charge in [-0.05, 0) is 41.8 Å². The molecular formula is C25H28ClF6N3O. The average molecular weight is 536 g/mol. The van der Waals surface area contributed by atoms with Crippen molar-refractivity contribution in [3.05, 3.63) is 70.3 Å². The summed E-state index contributed by atoms with van der Waals surface area (Å²) in [5, 5.41) is 3.25. The number of benzene rings is 2. The number of hydrogen-bond acceptors (Lipinski definition) is 3. The molecule has 0 aromatic heterocycles. The van der Waals surface area contributed by atoms with Gasteiger partial charge in [-0.1, -0.05) is 24.3 Å². The highest BCUT2D eigenvalue weighted by atomic mass is 35.5. The number of piperazine rings is 1. The Morgan fingerprint density at radius 3 is 1.86 bits per heavy atom. The molecule has 2 aromatic carbocycles. The highest BCUT2D eigenvalue weighted by Gasteiger charge is 2.50. The molecular weight excluding hydrogens is 508 g/mol. The van der Waals surface area contributed by atoms with Crippen LogP contribution in [0.2, 0.25) is 0 Å². The van der Waals surface area contributed by atoms with E-state index in [1.54, 1.807) is 0 Å². The van der Waals surface area contributed by atoms with Crippen molar-refractivity contribution in [3.63, 3.8) is 0 Å². The Labute approximate surface area is 212 Å². The van der Waals surface area contributed by atoms with Gasteiger partial charge in [0.25, 0.3) is 0 Å². The van der Waals surface area contributed by atoms with Crippen LogP contribution in [0.3, 0.4) is 0 Å². The summed E-state index contributed by atoms with van der Waals surface area (Å²) in [6, 6.07) is 8.20. The third kappa shape index (κ3) is 5.35. The molecule has 1 atom stereocenters. The van der Waals surface area contributed by atoms with Crippen molar-refractivity contribution >= 4 is 18.3 Å². The monoisotopic (exact) mass is 535 g/mol. The zero-order valence-electron chi connectivity index (χ0n) is 19.8. The van der Waals surface area contributed by atoms with Gasteiger partial charge in [0.2, 0.25) is 5.91 Å². The smallest absolute Gasteiger partial charge is 0.337 e. The minimum atomic E-state index is -4.95. The number of likely N-dealkylation sites (N-methyl/N-ethyl adjacent to an activating group) is 1. The van der Waals surface area contributed by atoms with E-state index in [1.807, 2.05) is 24.3 Å². The maximum atomic E-state index is 14.0. The SMILES string of the molecule is C[C@@H](c1cc(C(F)(F)F)cc(C(F)(F)F)c1)N(C)C(=O)C1(N2CCNCC2)Cc2ccccc2C1.Cl. The van der Waals surface area contributed by atoms with E-state index in [0.29, 0.717) is 51.2 Å². The molecule has 11 heteroatoms. The first-order chi connectivity index (χ1) is 16.3. The summed E-state index contributed by atoms with van der Waals surface area (Å²) in [6.45, 7) is 4.06. The first-order valence-corrected chi connectivity index (χ1v) is 11.4. The zero-order chi connectivity index (χ0) is 25.6. The number of carbonyl (C=O) groups is 1. The van der Waals surface area contributed by atoms with Gasteiger partial charge in [-0.25, -0.2) is 0 Å². The van der Waals surface area contributed by atoms with Gasteiger partial charge >= 0.3 is 12.4 Å². The molecule has 0 spiro atoms. The number of rotatable bonds is 4. The van der Waals surface area contributed by atoms with Crippen molar-refractivity contribution < 1.29 is 31.1 Å². The van der Waals surface area contributed by atoms with Gasteiger partial charge in [0.15, 0.2) is 0 Å². The summed E-state index contributed by atoms with van der Waals surface area (Å²) in [5.74, 6) is -0.311. The lowest BCUT2D eigenvalue weighted by Crippen LogP contribution is -2.64. The molecule has 36 heavy (non-hydrogen) atoms. The Balaban J connectivity index is 0.00000361. The second kappa shape index (κ2) is 10.2. The quantitative estimate of drug-likeness (QED) is 0.553. The third-order valence-corrected chi connectivity index (χ3v) is 7.20.